The molecule has 0 radical (unpaired) electrons. The second kappa shape index (κ2) is 9.17. The minimum atomic E-state index is -0.130. The Balaban J connectivity index is 1.34. The van der Waals surface area contributed by atoms with E-state index in [4.69, 9.17) is 9.47 Å². The highest BCUT2D eigenvalue weighted by Crippen LogP contribution is 2.32. The maximum Gasteiger partial charge on any atom is 0.279 e. The fourth-order valence-electron chi connectivity index (χ4n) is 4.05. The van der Waals surface area contributed by atoms with Crippen LogP contribution in [0.1, 0.15) is 41.6 Å². The van der Waals surface area contributed by atoms with E-state index in [-0.39, 0.29) is 31.2 Å². The van der Waals surface area contributed by atoms with Gasteiger partial charge in [-0.05, 0) is 43.2 Å². The maximum atomic E-state index is 12.7. The third-order valence-electron chi connectivity index (χ3n) is 5.54. The number of anilines is 1. The van der Waals surface area contributed by atoms with Gasteiger partial charge >= 0.3 is 0 Å². The Labute approximate surface area is 176 Å². The largest absolute Gasteiger partial charge is 0.454 e. The average molecular weight is 410 g/mol. The van der Waals surface area contributed by atoms with Gasteiger partial charge in [0.05, 0.1) is 18.3 Å². The number of carbonyl (C=O) groups excluding carboxylic acids is 2. The molecule has 158 valence electrons. The molecular formula is C23H28N3O4+. The van der Waals surface area contributed by atoms with Crippen molar-refractivity contribution in [1.82, 2.24) is 5.32 Å². The average Bonchev–Trinajstić information content (AvgIpc) is 3.39. The summed E-state index contributed by atoms with van der Waals surface area (Å²) in [6, 6.07) is 13.2. The lowest BCUT2D eigenvalue weighted by atomic mass is 10.1. The number of likely N-dealkylation sites (N-methyl/N-ethyl adjacent to an activating group) is 1. The summed E-state index contributed by atoms with van der Waals surface area (Å²) in [7, 11) is 1.96. The van der Waals surface area contributed by atoms with Crippen molar-refractivity contribution < 1.29 is 24.0 Å². The number of ether oxygens (including phenoxy) is 2. The summed E-state index contributed by atoms with van der Waals surface area (Å²) >= 11 is 0. The van der Waals surface area contributed by atoms with Crippen molar-refractivity contribution in [3.05, 3.63) is 53.6 Å². The van der Waals surface area contributed by atoms with Gasteiger partial charge in [0.1, 0.15) is 6.54 Å². The molecule has 2 amide bonds. The SMILES string of the molecule is C[NH+](CC(=O)Nc1ccccc1C(=O)NC1CCCC1)Cc1ccc2c(c1)OCO2. The summed E-state index contributed by atoms with van der Waals surface area (Å²) in [6.45, 7) is 1.21. The van der Waals surface area contributed by atoms with Crippen molar-refractivity contribution in [3.8, 4) is 11.5 Å². The van der Waals surface area contributed by atoms with Gasteiger partial charge in [0, 0.05) is 11.6 Å². The van der Waals surface area contributed by atoms with Crippen molar-refractivity contribution >= 4 is 17.5 Å². The summed E-state index contributed by atoms with van der Waals surface area (Å²) in [5.41, 5.74) is 2.13. The molecule has 2 aliphatic rings. The van der Waals surface area contributed by atoms with Crippen molar-refractivity contribution in [1.29, 1.82) is 0 Å². The van der Waals surface area contributed by atoms with Crippen LogP contribution in [-0.2, 0) is 11.3 Å². The zero-order chi connectivity index (χ0) is 20.9. The molecule has 4 rings (SSSR count). The maximum absolute atomic E-state index is 12.7. The predicted molar refractivity (Wildman–Crippen MR) is 113 cm³/mol. The molecule has 1 aliphatic carbocycles. The Kier molecular flexibility index (Phi) is 6.18. The third kappa shape index (κ3) is 4.91. The molecule has 0 spiro atoms. The molecule has 2 aromatic carbocycles. The fourth-order valence-corrected chi connectivity index (χ4v) is 4.05. The number of nitrogens with one attached hydrogen (secondary N) is 3. The first-order chi connectivity index (χ1) is 14.6. The molecule has 0 bridgehead atoms. The van der Waals surface area contributed by atoms with E-state index in [9.17, 15) is 9.59 Å². The lowest BCUT2D eigenvalue weighted by molar-refractivity contribution is -0.885. The standard InChI is InChI=1S/C23H27N3O4/c1-26(13-16-10-11-20-21(12-16)30-15-29-20)14-22(27)25-19-9-5-4-8-18(19)23(28)24-17-6-2-3-7-17/h4-5,8-12,17H,2-3,6-7,13-15H2,1H3,(H,24,28)(H,25,27)/p+1. The highest BCUT2D eigenvalue weighted by molar-refractivity contribution is 6.04. The minimum absolute atomic E-state index is 0.126. The number of para-hydroxylation sites is 1. The summed E-state index contributed by atoms with van der Waals surface area (Å²) < 4.78 is 10.8. The first-order valence-corrected chi connectivity index (χ1v) is 10.5. The quantitative estimate of drug-likeness (QED) is 0.650. The molecule has 1 aliphatic heterocycles. The van der Waals surface area contributed by atoms with Gasteiger partial charge in [0.15, 0.2) is 18.0 Å². The van der Waals surface area contributed by atoms with E-state index in [0.717, 1.165) is 47.6 Å². The molecule has 0 saturated heterocycles. The first-order valence-electron chi connectivity index (χ1n) is 10.5. The van der Waals surface area contributed by atoms with Gasteiger partial charge in [-0.1, -0.05) is 25.0 Å². The van der Waals surface area contributed by atoms with Crippen LogP contribution >= 0.6 is 0 Å². The molecular weight excluding hydrogens is 382 g/mol. The zero-order valence-electron chi connectivity index (χ0n) is 17.2. The second-order valence-corrected chi connectivity index (χ2v) is 8.05. The van der Waals surface area contributed by atoms with E-state index in [1.165, 1.54) is 0 Å². The number of fused-ring (bicyclic) bond motifs is 1. The van der Waals surface area contributed by atoms with Crippen molar-refractivity contribution in [3.63, 3.8) is 0 Å². The molecule has 1 fully saturated rings. The Bertz CT molecular complexity index is 924. The Morgan fingerprint density at radius 1 is 1.07 bits per heavy atom. The lowest BCUT2D eigenvalue weighted by Crippen LogP contribution is -3.08. The Morgan fingerprint density at radius 2 is 1.83 bits per heavy atom. The van der Waals surface area contributed by atoms with E-state index < -0.39 is 0 Å². The highest BCUT2D eigenvalue weighted by Gasteiger charge is 2.21. The molecule has 3 N–H and O–H groups in total. The Morgan fingerprint density at radius 3 is 2.67 bits per heavy atom. The van der Waals surface area contributed by atoms with Crippen molar-refractivity contribution in [2.75, 3.05) is 25.7 Å². The van der Waals surface area contributed by atoms with Gasteiger partial charge in [-0.2, -0.15) is 0 Å². The lowest BCUT2D eigenvalue weighted by Gasteiger charge is -2.17. The molecule has 7 nitrogen and oxygen atoms in total. The number of rotatable bonds is 7. The van der Waals surface area contributed by atoms with Crippen LogP contribution in [0.15, 0.2) is 42.5 Å². The van der Waals surface area contributed by atoms with Gasteiger partial charge in [-0.15, -0.1) is 0 Å². The van der Waals surface area contributed by atoms with Crippen LogP contribution in [0.2, 0.25) is 0 Å². The van der Waals surface area contributed by atoms with Crippen molar-refractivity contribution in [2.24, 2.45) is 0 Å². The van der Waals surface area contributed by atoms with E-state index in [1.54, 1.807) is 12.1 Å². The molecule has 1 saturated carbocycles. The van der Waals surface area contributed by atoms with Crippen LogP contribution in [0.4, 0.5) is 5.69 Å². The number of amides is 2. The van der Waals surface area contributed by atoms with Crippen LogP contribution < -0.4 is 25.0 Å². The van der Waals surface area contributed by atoms with Gasteiger partial charge < -0.3 is 25.0 Å². The summed E-state index contributed by atoms with van der Waals surface area (Å²) in [5.74, 6) is 1.24. The van der Waals surface area contributed by atoms with E-state index in [0.29, 0.717) is 17.8 Å². The van der Waals surface area contributed by atoms with Crippen LogP contribution in [0.5, 0.6) is 11.5 Å². The molecule has 1 unspecified atom stereocenters. The molecule has 2 aromatic rings. The monoisotopic (exact) mass is 410 g/mol. The predicted octanol–water partition coefficient (Wildman–Crippen LogP) is 1.74. The van der Waals surface area contributed by atoms with Crippen LogP contribution in [-0.4, -0.2) is 38.2 Å². The molecule has 1 heterocycles. The number of carbonyl (C=O) groups is 2. The van der Waals surface area contributed by atoms with Gasteiger partial charge in [0.25, 0.3) is 11.8 Å². The van der Waals surface area contributed by atoms with Gasteiger partial charge in [-0.3, -0.25) is 9.59 Å². The smallest absolute Gasteiger partial charge is 0.279 e. The molecule has 1 atom stereocenters. The van der Waals surface area contributed by atoms with Gasteiger partial charge in [-0.25, -0.2) is 0 Å². The number of quaternary nitrogens is 1. The normalized spacial score (nSPS) is 16.3. The fraction of sp³-hybridized carbons (Fsp3) is 0.391. The number of benzene rings is 2. The molecule has 0 aromatic heterocycles. The number of hydrogen-bond donors (Lipinski definition) is 3. The van der Waals surface area contributed by atoms with Crippen LogP contribution in [0, 0.1) is 0 Å². The Hall–Kier alpha value is -3.06. The van der Waals surface area contributed by atoms with E-state index >= 15 is 0 Å². The van der Waals surface area contributed by atoms with Crippen molar-refractivity contribution in [2.45, 2.75) is 38.3 Å². The molecule has 30 heavy (non-hydrogen) atoms. The van der Waals surface area contributed by atoms with Crippen LogP contribution in [0.3, 0.4) is 0 Å². The summed E-state index contributed by atoms with van der Waals surface area (Å²) in [4.78, 5) is 26.3. The topological polar surface area (TPSA) is 81.1 Å². The van der Waals surface area contributed by atoms with E-state index in [2.05, 4.69) is 10.6 Å². The molecule has 7 heteroatoms. The third-order valence-corrected chi connectivity index (χ3v) is 5.54. The number of hydrogen-bond acceptors (Lipinski definition) is 4. The minimum Gasteiger partial charge on any atom is -0.454 e. The summed E-state index contributed by atoms with van der Waals surface area (Å²) in [6.07, 6.45) is 4.35. The summed E-state index contributed by atoms with van der Waals surface area (Å²) in [5, 5.41) is 5.99. The van der Waals surface area contributed by atoms with Crippen LogP contribution in [0.25, 0.3) is 0 Å². The van der Waals surface area contributed by atoms with Gasteiger partial charge in [0.2, 0.25) is 6.79 Å². The second-order valence-electron chi connectivity index (χ2n) is 8.05. The highest BCUT2D eigenvalue weighted by atomic mass is 16.7. The van der Waals surface area contributed by atoms with E-state index in [1.807, 2.05) is 37.4 Å². The first kappa shape index (κ1) is 20.2. The zero-order valence-corrected chi connectivity index (χ0v) is 17.2.